The molecule has 216 valence electrons. The number of carbonyl (C=O) groups excluding carboxylic acids is 1. The van der Waals surface area contributed by atoms with E-state index in [2.05, 4.69) is 30.9 Å². The van der Waals surface area contributed by atoms with Crippen molar-refractivity contribution in [1.82, 2.24) is 9.88 Å². The van der Waals surface area contributed by atoms with Crippen LogP contribution in [-0.4, -0.2) is 72.2 Å². The maximum absolute atomic E-state index is 13.3. The molecule has 1 aromatic heterocycles. The summed E-state index contributed by atoms with van der Waals surface area (Å²) in [5.41, 5.74) is 2.74. The Kier molecular flexibility index (Phi) is 7.37. The molecule has 0 radical (unpaired) electrons. The van der Waals surface area contributed by atoms with E-state index in [1.165, 1.54) is 11.8 Å². The van der Waals surface area contributed by atoms with E-state index in [0.29, 0.717) is 24.6 Å². The van der Waals surface area contributed by atoms with Crippen molar-refractivity contribution in [2.45, 2.75) is 71.9 Å². The SMILES string of the molecule is CCc1ccc(N2CC(Oc3cc([C@@H]4CN(C(=O)C5=COC(C)(C)O5)C[C@@]4(C)[C@@H](C)O)ccc3OC)C2)nc1C. The van der Waals surface area contributed by atoms with Crippen LogP contribution in [0.1, 0.15) is 57.4 Å². The third-order valence-corrected chi connectivity index (χ3v) is 8.61. The lowest BCUT2D eigenvalue weighted by atomic mass is 9.72. The number of amides is 1. The first-order valence-electron chi connectivity index (χ1n) is 14.0. The molecule has 3 aliphatic heterocycles. The monoisotopic (exact) mass is 551 g/mol. The zero-order chi connectivity index (χ0) is 28.8. The minimum Gasteiger partial charge on any atom is -0.493 e. The van der Waals surface area contributed by atoms with Gasteiger partial charge in [-0.2, -0.15) is 0 Å². The second-order valence-corrected chi connectivity index (χ2v) is 11.8. The molecular formula is C31H41N3O6. The summed E-state index contributed by atoms with van der Waals surface area (Å²) in [6, 6.07) is 10.1. The number of benzene rings is 1. The van der Waals surface area contributed by atoms with E-state index in [0.717, 1.165) is 36.6 Å². The van der Waals surface area contributed by atoms with Gasteiger partial charge in [0.05, 0.1) is 26.3 Å². The van der Waals surface area contributed by atoms with Gasteiger partial charge in [-0.25, -0.2) is 4.98 Å². The number of ether oxygens (including phenoxy) is 4. The molecule has 40 heavy (non-hydrogen) atoms. The Morgan fingerprint density at radius 2 is 1.93 bits per heavy atom. The second kappa shape index (κ2) is 10.5. The topological polar surface area (TPSA) is 93.6 Å². The van der Waals surface area contributed by atoms with E-state index >= 15 is 0 Å². The third kappa shape index (κ3) is 5.19. The molecule has 1 aromatic carbocycles. The molecule has 9 nitrogen and oxygen atoms in total. The van der Waals surface area contributed by atoms with Crippen molar-refractivity contribution in [2.24, 2.45) is 5.41 Å². The lowest BCUT2D eigenvalue weighted by Gasteiger charge is -2.40. The van der Waals surface area contributed by atoms with Crippen LogP contribution in [0.25, 0.3) is 0 Å². The number of aromatic nitrogens is 1. The van der Waals surface area contributed by atoms with Gasteiger partial charge in [0.2, 0.25) is 11.5 Å². The van der Waals surface area contributed by atoms with Gasteiger partial charge in [-0.05, 0) is 49.6 Å². The van der Waals surface area contributed by atoms with Crippen LogP contribution in [0.5, 0.6) is 11.5 Å². The lowest BCUT2D eigenvalue weighted by molar-refractivity contribution is -0.143. The van der Waals surface area contributed by atoms with Crippen LogP contribution >= 0.6 is 0 Å². The fourth-order valence-electron chi connectivity index (χ4n) is 5.85. The minimum atomic E-state index is -0.870. The Balaban J connectivity index is 1.32. The van der Waals surface area contributed by atoms with Crippen LogP contribution in [0.2, 0.25) is 0 Å². The minimum absolute atomic E-state index is 0.00304. The average molecular weight is 552 g/mol. The quantitative estimate of drug-likeness (QED) is 0.523. The van der Waals surface area contributed by atoms with Gasteiger partial charge in [-0.3, -0.25) is 4.79 Å². The molecule has 2 saturated heterocycles. The van der Waals surface area contributed by atoms with Crippen LogP contribution in [0.15, 0.2) is 42.4 Å². The molecule has 0 saturated carbocycles. The first kappa shape index (κ1) is 28.1. The summed E-state index contributed by atoms with van der Waals surface area (Å²) < 4.78 is 23.2. The second-order valence-electron chi connectivity index (χ2n) is 11.8. The van der Waals surface area contributed by atoms with Crippen molar-refractivity contribution in [2.75, 3.05) is 38.2 Å². The number of aliphatic hydroxyl groups excluding tert-OH is 1. The number of methoxy groups -OCH3 is 1. The third-order valence-electron chi connectivity index (χ3n) is 8.61. The lowest BCUT2D eigenvalue weighted by Crippen LogP contribution is -2.54. The van der Waals surface area contributed by atoms with Crippen LogP contribution in [0, 0.1) is 12.3 Å². The van der Waals surface area contributed by atoms with Crippen molar-refractivity contribution in [3.8, 4) is 11.5 Å². The van der Waals surface area contributed by atoms with Crippen molar-refractivity contribution in [1.29, 1.82) is 0 Å². The number of anilines is 1. The molecule has 2 aromatic rings. The van der Waals surface area contributed by atoms with Crippen LogP contribution in [0.4, 0.5) is 5.82 Å². The number of nitrogens with zero attached hydrogens (tertiary/aromatic N) is 3. The molecule has 0 aliphatic carbocycles. The molecule has 3 aliphatic rings. The van der Waals surface area contributed by atoms with Crippen molar-refractivity contribution in [3.63, 3.8) is 0 Å². The number of hydrogen-bond donors (Lipinski definition) is 1. The molecule has 5 rings (SSSR count). The van der Waals surface area contributed by atoms with Crippen LogP contribution in [0.3, 0.4) is 0 Å². The molecule has 1 amide bonds. The average Bonchev–Trinajstić information content (AvgIpc) is 3.45. The first-order chi connectivity index (χ1) is 18.9. The van der Waals surface area contributed by atoms with Crippen molar-refractivity contribution < 1.29 is 28.8 Å². The standard InChI is InChI=1S/C31H41N3O6/c1-8-21-10-12-28(32-19(21)2)33-14-23(15-33)39-26-13-22(9-11-25(26)37-7)24-16-34(18-31(24,6)20(3)35)29(36)27-17-38-30(4,5)40-27/h9-13,17,20,23-24,35H,8,14-16,18H2,1-7H3/t20-,24+,31+/m1/s1. The van der Waals surface area contributed by atoms with E-state index in [9.17, 15) is 9.90 Å². The Labute approximate surface area is 236 Å². The Morgan fingerprint density at radius 1 is 1.18 bits per heavy atom. The predicted octanol–water partition coefficient (Wildman–Crippen LogP) is 4.17. The van der Waals surface area contributed by atoms with Gasteiger partial charge in [0.25, 0.3) is 5.91 Å². The number of rotatable bonds is 8. The molecule has 9 heteroatoms. The Bertz CT molecular complexity index is 1300. The van der Waals surface area contributed by atoms with E-state index in [-0.39, 0.29) is 23.7 Å². The summed E-state index contributed by atoms with van der Waals surface area (Å²) in [5, 5.41) is 10.9. The molecule has 1 N–H and O–H groups in total. The number of likely N-dealkylation sites (tertiary alicyclic amines) is 1. The summed E-state index contributed by atoms with van der Waals surface area (Å²) in [4.78, 5) is 22.0. The molecule has 4 heterocycles. The van der Waals surface area contributed by atoms with Crippen molar-refractivity contribution in [3.05, 3.63) is 59.2 Å². The molecule has 0 unspecified atom stereocenters. The number of aryl methyl sites for hydroxylation is 2. The Morgan fingerprint density at radius 3 is 2.52 bits per heavy atom. The van der Waals surface area contributed by atoms with E-state index < -0.39 is 17.3 Å². The summed E-state index contributed by atoms with van der Waals surface area (Å²) in [5.74, 6) is 1.22. The maximum atomic E-state index is 13.3. The molecule has 0 spiro atoms. The van der Waals surface area contributed by atoms with Gasteiger partial charge in [0.1, 0.15) is 18.2 Å². The number of pyridine rings is 1. The largest absolute Gasteiger partial charge is 0.493 e. The first-order valence-corrected chi connectivity index (χ1v) is 14.0. The highest BCUT2D eigenvalue weighted by Gasteiger charge is 2.50. The maximum Gasteiger partial charge on any atom is 0.292 e. The van der Waals surface area contributed by atoms with Crippen LogP contribution in [-0.2, 0) is 20.7 Å². The highest BCUT2D eigenvalue weighted by Crippen LogP contribution is 2.47. The van der Waals surface area contributed by atoms with Gasteiger partial charge in [0.15, 0.2) is 11.5 Å². The fraction of sp³-hybridized carbons (Fsp3) is 0.548. The zero-order valence-corrected chi connectivity index (χ0v) is 24.6. The molecular weight excluding hydrogens is 510 g/mol. The highest BCUT2D eigenvalue weighted by atomic mass is 16.7. The summed E-state index contributed by atoms with van der Waals surface area (Å²) in [6.07, 6.45) is 1.70. The highest BCUT2D eigenvalue weighted by molar-refractivity contribution is 5.92. The summed E-state index contributed by atoms with van der Waals surface area (Å²) in [6.45, 7) is 13.8. The van der Waals surface area contributed by atoms with Crippen molar-refractivity contribution >= 4 is 11.7 Å². The molecule has 0 bridgehead atoms. The summed E-state index contributed by atoms with van der Waals surface area (Å²) in [7, 11) is 1.63. The Hall–Kier alpha value is -3.46. The molecule has 3 atom stereocenters. The number of hydrogen-bond acceptors (Lipinski definition) is 8. The zero-order valence-electron chi connectivity index (χ0n) is 24.6. The van der Waals surface area contributed by atoms with E-state index in [1.54, 1.807) is 32.8 Å². The number of carbonyl (C=O) groups is 1. The normalized spacial score (nSPS) is 24.6. The van der Waals surface area contributed by atoms with E-state index in [4.69, 9.17) is 23.9 Å². The fourth-order valence-corrected chi connectivity index (χ4v) is 5.85. The van der Waals surface area contributed by atoms with Gasteiger partial charge >= 0.3 is 0 Å². The van der Waals surface area contributed by atoms with Gasteiger partial charge in [0, 0.05) is 44.0 Å². The van der Waals surface area contributed by atoms with Gasteiger partial charge in [-0.1, -0.05) is 26.0 Å². The smallest absolute Gasteiger partial charge is 0.292 e. The molecule has 2 fully saturated rings. The number of aliphatic hydroxyl groups is 1. The van der Waals surface area contributed by atoms with E-state index in [1.807, 2.05) is 25.1 Å². The van der Waals surface area contributed by atoms with Gasteiger partial charge < -0.3 is 33.9 Å². The predicted molar refractivity (Wildman–Crippen MR) is 151 cm³/mol. The van der Waals surface area contributed by atoms with Gasteiger partial charge in [-0.15, -0.1) is 0 Å². The summed E-state index contributed by atoms with van der Waals surface area (Å²) >= 11 is 0. The van der Waals surface area contributed by atoms with Crippen LogP contribution < -0.4 is 14.4 Å².